The average molecular weight is 962 g/mol. The van der Waals surface area contributed by atoms with Gasteiger partial charge in [0.2, 0.25) is 0 Å². The first-order valence-corrected chi connectivity index (χ1v) is 29.1. The van der Waals surface area contributed by atoms with Crippen molar-refractivity contribution >= 4 is 17.9 Å². The Hall–Kier alpha value is -3.41. The molecule has 0 fully saturated rings. The van der Waals surface area contributed by atoms with Gasteiger partial charge in [0.05, 0.1) is 0 Å². The Bertz CT molecular complexity index is 1330. The van der Waals surface area contributed by atoms with Crippen LogP contribution in [0.3, 0.4) is 0 Å². The molecule has 0 unspecified atom stereocenters. The topological polar surface area (TPSA) is 78.9 Å². The minimum absolute atomic E-state index is 0.104. The standard InChI is InChI=1S/C63H108O6/c1-4-7-10-13-16-19-22-25-28-30-31-33-35-38-41-44-47-50-53-56-62(65)68-59-60(58-67-61(64)55-52-49-46-43-40-37-34-27-24-21-18-15-12-9-6-3)69-63(66)57-54-51-48-45-42-39-36-32-29-26-23-20-17-14-11-8-5-2/h16,18-19,21,25,27-28,31,33-34,38,40-41,43,60H,4-15,17,20,22-24,26,29-30,32,35-37,39,42,44-59H2,1-3H3/b19-16-,21-18-,28-25-,33-31-,34-27-,41-38-,43-40-/t60-/m0/s1. The number of unbranched alkanes of at least 4 members (excludes halogenated alkanes) is 27. The van der Waals surface area contributed by atoms with Gasteiger partial charge in [-0.3, -0.25) is 14.4 Å². The first-order valence-electron chi connectivity index (χ1n) is 29.1. The minimum Gasteiger partial charge on any atom is -0.462 e. The van der Waals surface area contributed by atoms with E-state index in [1.54, 1.807) is 0 Å². The molecule has 0 amide bonds. The van der Waals surface area contributed by atoms with Crippen molar-refractivity contribution in [2.75, 3.05) is 13.2 Å². The van der Waals surface area contributed by atoms with E-state index in [1.807, 2.05) is 0 Å². The molecule has 0 rings (SSSR count). The monoisotopic (exact) mass is 961 g/mol. The van der Waals surface area contributed by atoms with Gasteiger partial charge in [-0.15, -0.1) is 0 Å². The second-order valence-electron chi connectivity index (χ2n) is 19.2. The molecule has 0 heterocycles. The molecule has 0 saturated heterocycles. The number of carbonyl (C=O) groups is 3. The van der Waals surface area contributed by atoms with Gasteiger partial charge in [0, 0.05) is 19.3 Å². The van der Waals surface area contributed by atoms with Crippen LogP contribution in [-0.4, -0.2) is 37.2 Å². The maximum absolute atomic E-state index is 12.9. The molecule has 0 radical (unpaired) electrons. The molecule has 6 nitrogen and oxygen atoms in total. The van der Waals surface area contributed by atoms with Crippen molar-refractivity contribution < 1.29 is 28.6 Å². The first kappa shape index (κ1) is 65.6. The van der Waals surface area contributed by atoms with Crippen LogP contribution in [0.1, 0.15) is 278 Å². The molecule has 0 bridgehead atoms. The van der Waals surface area contributed by atoms with Gasteiger partial charge in [-0.2, -0.15) is 0 Å². The molecule has 0 saturated carbocycles. The highest BCUT2D eigenvalue weighted by Crippen LogP contribution is 2.16. The van der Waals surface area contributed by atoms with Crippen molar-refractivity contribution in [2.24, 2.45) is 0 Å². The number of allylic oxidation sites excluding steroid dienone is 14. The van der Waals surface area contributed by atoms with Crippen molar-refractivity contribution in [3.8, 4) is 0 Å². The van der Waals surface area contributed by atoms with E-state index in [0.29, 0.717) is 19.3 Å². The van der Waals surface area contributed by atoms with E-state index >= 15 is 0 Å². The average Bonchev–Trinajstić information content (AvgIpc) is 3.35. The molecule has 0 aliphatic heterocycles. The lowest BCUT2D eigenvalue weighted by molar-refractivity contribution is -0.167. The van der Waals surface area contributed by atoms with Crippen molar-refractivity contribution in [1.29, 1.82) is 0 Å². The van der Waals surface area contributed by atoms with Gasteiger partial charge in [-0.1, -0.05) is 241 Å². The molecular weight excluding hydrogens is 853 g/mol. The van der Waals surface area contributed by atoms with Crippen molar-refractivity contribution in [2.45, 2.75) is 284 Å². The van der Waals surface area contributed by atoms with E-state index in [9.17, 15) is 14.4 Å². The molecule has 69 heavy (non-hydrogen) atoms. The molecule has 0 N–H and O–H groups in total. The molecule has 1 atom stereocenters. The Labute approximate surface area is 426 Å². The van der Waals surface area contributed by atoms with Crippen LogP contribution in [-0.2, 0) is 28.6 Å². The lowest BCUT2D eigenvalue weighted by Crippen LogP contribution is -2.30. The van der Waals surface area contributed by atoms with E-state index in [4.69, 9.17) is 14.2 Å². The van der Waals surface area contributed by atoms with Crippen LogP contribution in [0.5, 0.6) is 0 Å². The summed E-state index contributed by atoms with van der Waals surface area (Å²) >= 11 is 0. The molecule has 0 aromatic carbocycles. The summed E-state index contributed by atoms with van der Waals surface area (Å²) in [5, 5.41) is 0. The maximum atomic E-state index is 12.9. The SMILES string of the molecule is CCCCC/C=C\C/C=C\C/C=C\C/C=C\CCCCCC(=O)OC[C@H](COC(=O)CCCC/C=C\C/C=C\C/C=C\CCCCC)OC(=O)CCCCCCCCCCCCCCCCCCC. The van der Waals surface area contributed by atoms with Gasteiger partial charge in [-0.05, 0) is 103 Å². The van der Waals surface area contributed by atoms with E-state index in [0.717, 1.165) is 96.3 Å². The molecular formula is C63H108O6. The highest BCUT2D eigenvalue weighted by atomic mass is 16.6. The normalized spacial score (nSPS) is 12.7. The van der Waals surface area contributed by atoms with Gasteiger partial charge in [0.15, 0.2) is 6.10 Å². The van der Waals surface area contributed by atoms with Gasteiger partial charge in [0.1, 0.15) is 13.2 Å². The summed E-state index contributed by atoms with van der Waals surface area (Å²) in [5.41, 5.74) is 0. The number of carbonyl (C=O) groups excluding carboxylic acids is 3. The third kappa shape index (κ3) is 55.4. The van der Waals surface area contributed by atoms with Crippen LogP contribution in [0.2, 0.25) is 0 Å². The van der Waals surface area contributed by atoms with E-state index < -0.39 is 6.10 Å². The third-order valence-corrected chi connectivity index (χ3v) is 12.4. The summed E-state index contributed by atoms with van der Waals surface area (Å²) in [6, 6.07) is 0. The Morgan fingerprint density at radius 2 is 0.522 bits per heavy atom. The molecule has 6 heteroatoms. The number of hydrogen-bond acceptors (Lipinski definition) is 6. The van der Waals surface area contributed by atoms with Crippen LogP contribution < -0.4 is 0 Å². The Kier molecular flexibility index (Phi) is 54.3. The van der Waals surface area contributed by atoms with Gasteiger partial charge < -0.3 is 14.2 Å². The summed E-state index contributed by atoms with van der Waals surface area (Å²) in [5.74, 6) is -0.962. The third-order valence-electron chi connectivity index (χ3n) is 12.4. The lowest BCUT2D eigenvalue weighted by Gasteiger charge is -2.18. The van der Waals surface area contributed by atoms with Crippen LogP contribution in [0.4, 0.5) is 0 Å². The van der Waals surface area contributed by atoms with Crippen molar-refractivity contribution in [3.05, 3.63) is 85.1 Å². The summed E-state index contributed by atoms with van der Waals surface area (Å²) in [4.78, 5) is 38.2. The maximum Gasteiger partial charge on any atom is 0.306 e. The minimum atomic E-state index is -0.804. The molecule has 396 valence electrons. The van der Waals surface area contributed by atoms with Gasteiger partial charge >= 0.3 is 17.9 Å². The number of rotatable bonds is 52. The zero-order valence-electron chi connectivity index (χ0n) is 45.3. The van der Waals surface area contributed by atoms with E-state index in [2.05, 4.69) is 106 Å². The van der Waals surface area contributed by atoms with Gasteiger partial charge in [0.25, 0.3) is 0 Å². The number of esters is 3. The first-order chi connectivity index (χ1) is 34.0. The second kappa shape index (κ2) is 57.2. The molecule has 0 aromatic rings. The summed E-state index contributed by atoms with van der Waals surface area (Å²) in [6.07, 6.45) is 74.3. The Morgan fingerprint density at radius 1 is 0.290 bits per heavy atom. The highest BCUT2D eigenvalue weighted by molar-refractivity contribution is 5.71. The Morgan fingerprint density at radius 3 is 0.870 bits per heavy atom. The summed E-state index contributed by atoms with van der Waals surface area (Å²) < 4.78 is 16.8. The molecule has 0 aliphatic carbocycles. The van der Waals surface area contributed by atoms with Crippen LogP contribution in [0.25, 0.3) is 0 Å². The lowest BCUT2D eigenvalue weighted by atomic mass is 10.0. The molecule has 0 spiro atoms. The Balaban J connectivity index is 4.48. The van der Waals surface area contributed by atoms with Crippen LogP contribution in [0, 0.1) is 0 Å². The zero-order valence-corrected chi connectivity index (χ0v) is 45.3. The zero-order chi connectivity index (χ0) is 50.0. The van der Waals surface area contributed by atoms with E-state index in [1.165, 1.54) is 141 Å². The summed E-state index contributed by atoms with van der Waals surface area (Å²) in [7, 11) is 0. The predicted molar refractivity (Wildman–Crippen MR) is 297 cm³/mol. The fourth-order valence-electron chi connectivity index (χ4n) is 7.96. The van der Waals surface area contributed by atoms with Crippen LogP contribution in [0.15, 0.2) is 85.1 Å². The fraction of sp³-hybridized carbons (Fsp3) is 0.730. The number of ether oxygens (including phenoxy) is 3. The quantitative estimate of drug-likeness (QED) is 0.0262. The van der Waals surface area contributed by atoms with Crippen molar-refractivity contribution in [3.63, 3.8) is 0 Å². The van der Waals surface area contributed by atoms with Gasteiger partial charge in [-0.25, -0.2) is 0 Å². The highest BCUT2D eigenvalue weighted by Gasteiger charge is 2.19. The van der Waals surface area contributed by atoms with Crippen LogP contribution >= 0.6 is 0 Å². The van der Waals surface area contributed by atoms with E-state index in [-0.39, 0.29) is 31.1 Å². The largest absolute Gasteiger partial charge is 0.462 e. The smallest absolute Gasteiger partial charge is 0.306 e. The number of hydrogen-bond donors (Lipinski definition) is 0. The summed E-state index contributed by atoms with van der Waals surface area (Å²) in [6.45, 7) is 6.54. The predicted octanol–water partition coefficient (Wildman–Crippen LogP) is 19.5. The molecule has 0 aromatic heterocycles. The fourth-order valence-corrected chi connectivity index (χ4v) is 7.96. The molecule has 0 aliphatic rings. The van der Waals surface area contributed by atoms with Crippen molar-refractivity contribution in [1.82, 2.24) is 0 Å². The second-order valence-corrected chi connectivity index (χ2v) is 19.2.